The summed E-state index contributed by atoms with van der Waals surface area (Å²) in [6.45, 7) is 0. The Morgan fingerprint density at radius 1 is 1.11 bits per heavy atom. The normalized spacial score (nSPS) is 13.0. The molecule has 0 saturated heterocycles. The average Bonchev–Trinajstić information content (AvgIpc) is 1.90. The molecule has 1 aromatic carbocycles. The fourth-order valence-corrected chi connectivity index (χ4v) is 0.911. The zero-order chi connectivity index (χ0) is 6.69. The lowest BCUT2D eigenvalue weighted by Crippen LogP contribution is -1.82. The van der Waals surface area contributed by atoms with Crippen LogP contribution in [0.15, 0.2) is 35.2 Å². The largest absolute Gasteiger partial charge is 0.221 e. The maximum atomic E-state index is 10.2. The summed E-state index contributed by atoms with van der Waals surface area (Å²) in [6.07, 6.45) is 0. The minimum Gasteiger partial charge on any atom is -0.221 e. The lowest BCUT2D eigenvalue weighted by molar-refractivity contribution is 0.473. The molecule has 1 radical (unpaired) electrons. The lowest BCUT2D eigenvalue weighted by atomic mass is 10.4. The highest BCUT2D eigenvalue weighted by molar-refractivity contribution is 7.79. The smallest absolute Gasteiger partial charge is 0.221 e. The standard InChI is InChI=1S/C6H5O2S/c7-9(8)6-4-2-1-3-5-6/h1-5H. The number of benzene rings is 1. The molecule has 3 heteroatoms. The molecule has 1 aromatic rings. The van der Waals surface area contributed by atoms with E-state index in [9.17, 15) is 8.76 Å². The van der Waals surface area contributed by atoms with E-state index >= 15 is 0 Å². The zero-order valence-electron chi connectivity index (χ0n) is 4.61. The topological polar surface area (TPSA) is 37.0 Å². The molecule has 0 aromatic heterocycles. The van der Waals surface area contributed by atoms with Crippen molar-refractivity contribution in [3.8, 4) is 0 Å². The number of rotatable bonds is 1. The quantitative estimate of drug-likeness (QED) is 0.577. The SMILES string of the molecule is [O]S(=O)c1ccccc1. The summed E-state index contributed by atoms with van der Waals surface area (Å²) in [5.74, 6) is 0. The van der Waals surface area contributed by atoms with Crippen LogP contribution >= 0.6 is 0 Å². The van der Waals surface area contributed by atoms with Crippen molar-refractivity contribution in [3.63, 3.8) is 0 Å². The third-order valence-corrected chi connectivity index (χ3v) is 1.59. The second-order valence-electron chi connectivity index (χ2n) is 1.55. The first-order chi connectivity index (χ1) is 4.30. The molecular weight excluding hydrogens is 136 g/mol. The van der Waals surface area contributed by atoms with Gasteiger partial charge in [-0.25, -0.2) is 4.21 Å². The first kappa shape index (κ1) is 6.45. The van der Waals surface area contributed by atoms with Crippen molar-refractivity contribution in [3.05, 3.63) is 30.3 Å². The van der Waals surface area contributed by atoms with Gasteiger partial charge in [0.05, 0.1) is 4.90 Å². The fourth-order valence-electron chi connectivity index (χ4n) is 0.532. The van der Waals surface area contributed by atoms with Crippen molar-refractivity contribution in [1.82, 2.24) is 0 Å². The van der Waals surface area contributed by atoms with Gasteiger partial charge < -0.3 is 0 Å². The summed E-state index contributed by atoms with van der Waals surface area (Å²) >= 11 is -2.08. The molecule has 0 bridgehead atoms. The predicted octanol–water partition coefficient (Wildman–Crippen LogP) is 1.14. The second-order valence-corrected chi connectivity index (χ2v) is 2.49. The van der Waals surface area contributed by atoms with Crippen molar-refractivity contribution in [2.24, 2.45) is 0 Å². The minimum absolute atomic E-state index is 0.331. The Labute approximate surface area is 55.8 Å². The lowest BCUT2D eigenvalue weighted by Gasteiger charge is -1.87. The van der Waals surface area contributed by atoms with Crippen LogP contribution in [0, 0.1) is 0 Å². The van der Waals surface area contributed by atoms with Crippen molar-refractivity contribution in [1.29, 1.82) is 0 Å². The van der Waals surface area contributed by atoms with E-state index in [0.29, 0.717) is 4.90 Å². The number of hydrogen-bond donors (Lipinski definition) is 0. The molecule has 0 saturated carbocycles. The summed E-state index contributed by atoms with van der Waals surface area (Å²) in [6, 6.07) is 8.23. The second kappa shape index (κ2) is 2.75. The Balaban J connectivity index is 2.98. The highest BCUT2D eigenvalue weighted by Crippen LogP contribution is 2.01. The summed E-state index contributed by atoms with van der Waals surface area (Å²) in [4.78, 5) is 0.331. The van der Waals surface area contributed by atoms with Gasteiger partial charge in [-0.3, -0.25) is 0 Å². The van der Waals surface area contributed by atoms with Crippen molar-refractivity contribution < 1.29 is 8.76 Å². The summed E-state index contributed by atoms with van der Waals surface area (Å²) < 4.78 is 20.4. The summed E-state index contributed by atoms with van der Waals surface area (Å²) in [5, 5.41) is 0. The van der Waals surface area contributed by atoms with Gasteiger partial charge in [0.2, 0.25) is 11.1 Å². The first-order valence-electron chi connectivity index (χ1n) is 2.45. The predicted molar refractivity (Wildman–Crippen MR) is 33.5 cm³/mol. The van der Waals surface area contributed by atoms with E-state index in [-0.39, 0.29) is 0 Å². The fraction of sp³-hybridized carbons (Fsp3) is 0. The Kier molecular flexibility index (Phi) is 1.97. The van der Waals surface area contributed by atoms with Gasteiger partial charge >= 0.3 is 0 Å². The van der Waals surface area contributed by atoms with Gasteiger partial charge in [-0.05, 0) is 12.1 Å². The van der Waals surface area contributed by atoms with Crippen LogP contribution in [0.5, 0.6) is 0 Å². The van der Waals surface area contributed by atoms with E-state index in [2.05, 4.69) is 0 Å². The Morgan fingerprint density at radius 3 is 2.00 bits per heavy atom. The maximum Gasteiger partial charge on any atom is 0.221 e. The third-order valence-electron chi connectivity index (χ3n) is 0.936. The Hall–Kier alpha value is -0.670. The van der Waals surface area contributed by atoms with E-state index in [4.69, 9.17) is 0 Å². The van der Waals surface area contributed by atoms with Gasteiger partial charge in [-0.2, -0.15) is 0 Å². The van der Waals surface area contributed by atoms with E-state index < -0.39 is 11.1 Å². The first-order valence-corrected chi connectivity index (χ1v) is 3.52. The highest BCUT2D eigenvalue weighted by atomic mass is 32.2. The molecule has 1 unspecified atom stereocenters. The van der Waals surface area contributed by atoms with Crippen molar-refractivity contribution >= 4 is 11.1 Å². The molecule has 0 spiro atoms. The molecule has 0 heterocycles. The van der Waals surface area contributed by atoms with Gasteiger partial charge in [0, 0.05) is 0 Å². The van der Waals surface area contributed by atoms with Crippen LogP contribution in [0.2, 0.25) is 0 Å². The van der Waals surface area contributed by atoms with Crippen LogP contribution in [0.4, 0.5) is 0 Å². The molecule has 1 rings (SSSR count). The molecule has 0 amide bonds. The van der Waals surface area contributed by atoms with E-state index in [0.717, 1.165) is 0 Å². The van der Waals surface area contributed by atoms with Crippen LogP contribution in [0.25, 0.3) is 0 Å². The highest BCUT2D eigenvalue weighted by Gasteiger charge is 1.95. The van der Waals surface area contributed by atoms with Crippen LogP contribution in [-0.2, 0) is 15.6 Å². The average molecular weight is 141 g/mol. The number of hydrogen-bond acceptors (Lipinski definition) is 1. The van der Waals surface area contributed by atoms with Crippen LogP contribution in [-0.4, -0.2) is 4.21 Å². The molecule has 0 aliphatic carbocycles. The Bertz CT molecular complexity index is 208. The summed E-state index contributed by atoms with van der Waals surface area (Å²) in [7, 11) is 0. The van der Waals surface area contributed by atoms with Crippen LogP contribution in [0.3, 0.4) is 0 Å². The monoisotopic (exact) mass is 141 g/mol. The van der Waals surface area contributed by atoms with Gasteiger partial charge in [0.15, 0.2) is 0 Å². The molecule has 1 atom stereocenters. The van der Waals surface area contributed by atoms with E-state index in [1.54, 1.807) is 30.3 Å². The van der Waals surface area contributed by atoms with Gasteiger partial charge in [0.1, 0.15) is 0 Å². The molecule has 0 aliphatic heterocycles. The Morgan fingerprint density at radius 2 is 1.67 bits per heavy atom. The molecular formula is C6H5O2S. The molecule has 0 fully saturated rings. The van der Waals surface area contributed by atoms with Gasteiger partial charge in [-0.1, -0.05) is 18.2 Å². The third kappa shape index (κ3) is 1.62. The summed E-state index contributed by atoms with van der Waals surface area (Å²) in [5.41, 5.74) is 0. The van der Waals surface area contributed by atoms with Crippen molar-refractivity contribution in [2.45, 2.75) is 4.90 Å². The molecule has 47 valence electrons. The van der Waals surface area contributed by atoms with E-state index in [1.807, 2.05) is 0 Å². The van der Waals surface area contributed by atoms with E-state index in [1.165, 1.54) is 0 Å². The van der Waals surface area contributed by atoms with Gasteiger partial charge in [-0.15, -0.1) is 4.55 Å². The minimum atomic E-state index is -2.08. The maximum absolute atomic E-state index is 10.2. The zero-order valence-corrected chi connectivity index (χ0v) is 5.43. The molecule has 0 aliphatic rings. The molecule has 0 N–H and O–H groups in total. The van der Waals surface area contributed by atoms with Crippen LogP contribution in [0.1, 0.15) is 0 Å². The molecule has 2 nitrogen and oxygen atoms in total. The van der Waals surface area contributed by atoms with Crippen LogP contribution < -0.4 is 0 Å². The molecule has 9 heavy (non-hydrogen) atoms. The van der Waals surface area contributed by atoms with Crippen molar-refractivity contribution in [2.75, 3.05) is 0 Å². The van der Waals surface area contributed by atoms with Gasteiger partial charge in [0.25, 0.3) is 0 Å².